The van der Waals surface area contributed by atoms with Crippen LogP contribution in [0, 0.1) is 0 Å². The van der Waals surface area contributed by atoms with Crippen LogP contribution in [0.2, 0.25) is 0 Å². The van der Waals surface area contributed by atoms with E-state index in [0.29, 0.717) is 18.3 Å². The Balaban J connectivity index is 1.56. The number of rotatable bonds is 3. The molecular formula is C15H22N4O3. The number of hydrogen-bond donors (Lipinski definition) is 1. The number of carbonyl (C=O) groups excluding carboxylic acids is 1. The highest BCUT2D eigenvalue weighted by atomic mass is 16.5. The maximum Gasteiger partial charge on any atom is 0.274 e. The van der Waals surface area contributed by atoms with Crippen LogP contribution in [0.1, 0.15) is 29.8 Å². The molecule has 0 unspecified atom stereocenters. The van der Waals surface area contributed by atoms with Crippen LogP contribution in [0.4, 0.5) is 0 Å². The van der Waals surface area contributed by atoms with Gasteiger partial charge in [0.1, 0.15) is 5.69 Å². The van der Waals surface area contributed by atoms with E-state index in [4.69, 9.17) is 4.74 Å². The molecule has 0 radical (unpaired) electrons. The van der Waals surface area contributed by atoms with Gasteiger partial charge in [-0.3, -0.25) is 14.5 Å². The van der Waals surface area contributed by atoms with E-state index >= 15 is 0 Å². The third-order valence-corrected chi connectivity index (χ3v) is 4.26. The van der Waals surface area contributed by atoms with E-state index in [9.17, 15) is 9.59 Å². The van der Waals surface area contributed by atoms with Crippen molar-refractivity contribution in [3.63, 3.8) is 0 Å². The number of nitrogens with zero attached hydrogens (tertiary/aromatic N) is 3. The van der Waals surface area contributed by atoms with Crippen molar-refractivity contribution in [2.75, 3.05) is 39.3 Å². The second kappa shape index (κ2) is 7.02. The van der Waals surface area contributed by atoms with Gasteiger partial charge in [-0.1, -0.05) is 0 Å². The first kappa shape index (κ1) is 15.2. The molecule has 120 valence electrons. The van der Waals surface area contributed by atoms with Crippen molar-refractivity contribution in [1.29, 1.82) is 0 Å². The van der Waals surface area contributed by atoms with E-state index < -0.39 is 0 Å². The fourth-order valence-corrected chi connectivity index (χ4v) is 3.06. The minimum absolute atomic E-state index is 0.116. The lowest BCUT2D eigenvalue weighted by molar-refractivity contribution is 0.0701. The molecule has 0 bridgehead atoms. The molecule has 1 atom stereocenters. The lowest BCUT2D eigenvalue weighted by atomic mass is 10.2. The summed E-state index contributed by atoms with van der Waals surface area (Å²) < 4.78 is 5.69. The molecule has 1 aromatic rings. The van der Waals surface area contributed by atoms with E-state index in [1.165, 1.54) is 12.1 Å². The second-order valence-corrected chi connectivity index (χ2v) is 5.89. The van der Waals surface area contributed by atoms with Crippen molar-refractivity contribution in [2.45, 2.75) is 25.4 Å². The van der Waals surface area contributed by atoms with Gasteiger partial charge in [0, 0.05) is 38.9 Å². The van der Waals surface area contributed by atoms with Crippen LogP contribution >= 0.6 is 0 Å². The molecule has 2 aliphatic heterocycles. The minimum Gasteiger partial charge on any atom is -0.377 e. The summed E-state index contributed by atoms with van der Waals surface area (Å²) in [6, 6.07) is 2.82. The van der Waals surface area contributed by atoms with Gasteiger partial charge in [0.2, 0.25) is 0 Å². The number of aromatic amines is 1. The average Bonchev–Trinajstić information content (AvgIpc) is 2.92. The second-order valence-electron chi connectivity index (χ2n) is 5.89. The Morgan fingerprint density at radius 3 is 2.91 bits per heavy atom. The number of hydrogen-bond acceptors (Lipinski definition) is 5. The van der Waals surface area contributed by atoms with Crippen LogP contribution in [0.15, 0.2) is 16.9 Å². The van der Waals surface area contributed by atoms with E-state index in [-0.39, 0.29) is 11.5 Å². The quantitative estimate of drug-likeness (QED) is 0.857. The Morgan fingerprint density at radius 2 is 2.18 bits per heavy atom. The first-order valence-electron chi connectivity index (χ1n) is 7.91. The summed E-state index contributed by atoms with van der Waals surface area (Å²) in [5.74, 6) is -0.116. The summed E-state index contributed by atoms with van der Waals surface area (Å²) >= 11 is 0. The standard InChI is InChI=1S/C15H22N4O3/c20-14-5-4-13(16-17-14)15(21)19-7-2-6-18(8-9-19)11-12-3-1-10-22-12/h4-5,12H,1-3,6-11H2,(H,17,20)/t12-/m0/s1. The Morgan fingerprint density at radius 1 is 1.27 bits per heavy atom. The maximum absolute atomic E-state index is 12.4. The number of H-pyrrole nitrogens is 1. The Hall–Kier alpha value is -1.73. The number of ether oxygens (including phenoxy) is 1. The van der Waals surface area contributed by atoms with Gasteiger partial charge in [-0.25, -0.2) is 5.10 Å². The van der Waals surface area contributed by atoms with Crippen molar-refractivity contribution >= 4 is 5.91 Å². The summed E-state index contributed by atoms with van der Waals surface area (Å²) in [5.41, 5.74) is 0.00216. The van der Waals surface area contributed by atoms with E-state index in [1.807, 2.05) is 4.90 Å². The highest BCUT2D eigenvalue weighted by Gasteiger charge is 2.24. The van der Waals surface area contributed by atoms with Crippen LogP contribution in [0.25, 0.3) is 0 Å². The van der Waals surface area contributed by atoms with Crippen LogP contribution in [0.5, 0.6) is 0 Å². The van der Waals surface area contributed by atoms with Gasteiger partial charge in [-0.15, -0.1) is 0 Å². The zero-order valence-corrected chi connectivity index (χ0v) is 12.7. The molecule has 1 amide bonds. The van der Waals surface area contributed by atoms with Crippen LogP contribution in [-0.2, 0) is 4.74 Å². The van der Waals surface area contributed by atoms with Crippen molar-refractivity contribution < 1.29 is 9.53 Å². The predicted octanol–water partition coefficient (Wildman–Crippen LogP) is 0.0968. The van der Waals surface area contributed by atoms with Crippen LogP contribution in [0.3, 0.4) is 0 Å². The molecule has 1 aromatic heterocycles. The normalized spacial score (nSPS) is 23.5. The van der Waals surface area contributed by atoms with Gasteiger partial charge in [-0.05, 0) is 31.9 Å². The monoisotopic (exact) mass is 306 g/mol. The van der Waals surface area contributed by atoms with Crippen molar-refractivity contribution in [3.8, 4) is 0 Å². The maximum atomic E-state index is 12.4. The first-order valence-corrected chi connectivity index (χ1v) is 7.91. The Kier molecular flexibility index (Phi) is 4.84. The van der Waals surface area contributed by atoms with Crippen LogP contribution in [-0.4, -0.2) is 71.3 Å². The molecule has 2 fully saturated rings. The largest absolute Gasteiger partial charge is 0.377 e. The molecule has 2 aliphatic rings. The third kappa shape index (κ3) is 3.72. The lowest BCUT2D eigenvalue weighted by Gasteiger charge is -2.23. The van der Waals surface area contributed by atoms with Gasteiger partial charge in [-0.2, -0.15) is 5.10 Å². The molecule has 3 rings (SSSR count). The summed E-state index contributed by atoms with van der Waals surface area (Å²) in [5, 5.41) is 6.14. The molecule has 22 heavy (non-hydrogen) atoms. The average molecular weight is 306 g/mol. The number of aromatic nitrogens is 2. The minimum atomic E-state index is -0.296. The third-order valence-electron chi connectivity index (χ3n) is 4.26. The molecule has 0 saturated carbocycles. The molecule has 0 aromatic carbocycles. The van der Waals surface area contributed by atoms with Gasteiger partial charge in [0.15, 0.2) is 0 Å². The SMILES string of the molecule is O=C(c1ccc(=O)[nH]n1)N1CCCN(C[C@@H]2CCCO2)CC1. The van der Waals surface area contributed by atoms with Gasteiger partial charge in [0.05, 0.1) is 6.10 Å². The van der Waals surface area contributed by atoms with Gasteiger partial charge in [0.25, 0.3) is 11.5 Å². The topological polar surface area (TPSA) is 78.5 Å². The van der Waals surface area contributed by atoms with E-state index in [0.717, 1.165) is 52.0 Å². The number of nitrogens with one attached hydrogen (secondary N) is 1. The Bertz CT molecular complexity index is 548. The lowest BCUT2D eigenvalue weighted by Crippen LogP contribution is -2.38. The molecule has 7 nitrogen and oxygen atoms in total. The van der Waals surface area contributed by atoms with Gasteiger partial charge >= 0.3 is 0 Å². The van der Waals surface area contributed by atoms with Crippen molar-refractivity contribution in [3.05, 3.63) is 28.2 Å². The number of amides is 1. The molecule has 0 spiro atoms. The van der Waals surface area contributed by atoms with E-state index in [2.05, 4.69) is 15.1 Å². The molecular weight excluding hydrogens is 284 g/mol. The fraction of sp³-hybridized carbons (Fsp3) is 0.667. The molecule has 1 N–H and O–H groups in total. The Labute approximate surface area is 129 Å². The molecule has 3 heterocycles. The fourth-order valence-electron chi connectivity index (χ4n) is 3.06. The first-order chi connectivity index (χ1) is 10.7. The smallest absolute Gasteiger partial charge is 0.274 e. The zero-order chi connectivity index (χ0) is 15.4. The van der Waals surface area contributed by atoms with Crippen molar-refractivity contribution in [2.24, 2.45) is 0 Å². The summed E-state index contributed by atoms with van der Waals surface area (Å²) in [6.45, 7) is 5.09. The predicted molar refractivity (Wildman–Crippen MR) is 80.8 cm³/mol. The molecule has 7 heteroatoms. The van der Waals surface area contributed by atoms with E-state index in [1.54, 1.807) is 0 Å². The summed E-state index contributed by atoms with van der Waals surface area (Å²) in [4.78, 5) is 27.6. The molecule has 2 saturated heterocycles. The summed E-state index contributed by atoms with van der Waals surface area (Å²) in [7, 11) is 0. The number of carbonyl (C=O) groups is 1. The van der Waals surface area contributed by atoms with Gasteiger partial charge < -0.3 is 9.64 Å². The zero-order valence-electron chi connectivity index (χ0n) is 12.7. The highest BCUT2D eigenvalue weighted by molar-refractivity contribution is 5.92. The molecule has 0 aliphatic carbocycles. The summed E-state index contributed by atoms with van der Waals surface area (Å²) in [6.07, 6.45) is 3.59. The highest BCUT2D eigenvalue weighted by Crippen LogP contribution is 2.15. The van der Waals surface area contributed by atoms with Crippen LogP contribution < -0.4 is 5.56 Å². The van der Waals surface area contributed by atoms with Crippen molar-refractivity contribution in [1.82, 2.24) is 20.0 Å².